The summed E-state index contributed by atoms with van der Waals surface area (Å²) in [6.45, 7) is 0. The molecule has 0 saturated heterocycles. The van der Waals surface area contributed by atoms with E-state index in [1.807, 2.05) is 0 Å². The highest BCUT2D eigenvalue weighted by Crippen LogP contribution is 2.36. The quantitative estimate of drug-likeness (QED) is 0.676. The first-order valence-electron chi connectivity index (χ1n) is 10.2. The molecule has 0 bridgehead atoms. The smallest absolute Gasteiger partial charge is 0.250 e. The van der Waals surface area contributed by atoms with Crippen LogP contribution in [-0.2, 0) is 7.05 Å². The number of aromatic nitrogens is 3. The highest BCUT2D eigenvalue weighted by molar-refractivity contribution is 5.74. The van der Waals surface area contributed by atoms with Crippen LogP contribution in [0.25, 0.3) is 22.4 Å². The maximum absolute atomic E-state index is 13.7. The van der Waals surface area contributed by atoms with Gasteiger partial charge in [0.1, 0.15) is 5.75 Å². The number of halogens is 2. The van der Waals surface area contributed by atoms with Gasteiger partial charge in [-0.25, -0.2) is 8.78 Å². The van der Waals surface area contributed by atoms with Gasteiger partial charge in [-0.1, -0.05) is 6.07 Å². The summed E-state index contributed by atoms with van der Waals surface area (Å²) >= 11 is 0. The van der Waals surface area contributed by atoms with Gasteiger partial charge in [-0.05, 0) is 54.3 Å². The number of anilines is 1. The molecule has 0 aliphatic heterocycles. The fourth-order valence-corrected chi connectivity index (χ4v) is 3.98. The van der Waals surface area contributed by atoms with Gasteiger partial charge >= 0.3 is 0 Å². The zero-order valence-electron chi connectivity index (χ0n) is 17.4. The van der Waals surface area contributed by atoms with E-state index in [1.54, 1.807) is 61.6 Å². The fraction of sp³-hybridized carbons (Fsp3) is 0.348. The van der Waals surface area contributed by atoms with Crippen molar-refractivity contribution in [3.05, 3.63) is 59.0 Å². The van der Waals surface area contributed by atoms with E-state index in [-0.39, 0.29) is 30.2 Å². The second-order valence-corrected chi connectivity index (χ2v) is 8.09. The number of benzene rings is 1. The molecule has 1 N–H and O–H groups in total. The van der Waals surface area contributed by atoms with Crippen LogP contribution in [-0.4, -0.2) is 38.9 Å². The Balaban J connectivity index is 1.55. The summed E-state index contributed by atoms with van der Waals surface area (Å²) in [7, 11) is 3.43. The second-order valence-electron chi connectivity index (χ2n) is 8.09. The predicted molar refractivity (Wildman–Crippen MR) is 115 cm³/mol. The zero-order chi connectivity index (χ0) is 22.2. The van der Waals surface area contributed by atoms with Crippen molar-refractivity contribution in [2.24, 2.45) is 7.05 Å². The fourth-order valence-electron chi connectivity index (χ4n) is 3.98. The van der Waals surface area contributed by atoms with Crippen molar-refractivity contribution in [3.8, 4) is 28.1 Å². The molecule has 3 aromatic rings. The zero-order valence-corrected chi connectivity index (χ0v) is 17.4. The summed E-state index contributed by atoms with van der Waals surface area (Å²) in [6.07, 6.45) is 2.61. The SMILES string of the molecule is CN(c1ccc(-c2ccc(-c3ccn(C)c(=O)c3)cc2O)nn1)[C@H]1CCCC(F)(F)C1. The highest BCUT2D eigenvalue weighted by Gasteiger charge is 2.38. The standard InChI is InChI=1S/C23H24F2N4O2/c1-28-11-9-16(13-22(28)31)15-5-6-18(20(30)12-15)19-7-8-21(27-26-19)29(2)17-4-3-10-23(24,25)14-17/h5-9,11-13,17,30H,3-4,10,14H2,1-2H3/t17-/m0/s1. The summed E-state index contributed by atoms with van der Waals surface area (Å²) in [4.78, 5) is 13.6. The summed E-state index contributed by atoms with van der Waals surface area (Å²) in [5.41, 5.74) is 2.25. The third-order valence-corrected chi connectivity index (χ3v) is 5.89. The normalized spacial score (nSPS) is 18.0. The molecule has 1 aliphatic carbocycles. The van der Waals surface area contributed by atoms with Crippen LogP contribution in [0.3, 0.4) is 0 Å². The number of hydrogen-bond acceptors (Lipinski definition) is 5. The van der Waals surface area contributed by atoms with Gasteiger partial charge in [-0.15, -0.1) is 10.2 Å². The molecule has 0 spiro atoms. The maximum atomic E-state index is 13.7. The lowest BCUT2D eigenvalue weighted by Crippen LogP contribution is -2.40. The number of rotatable bonds is 4. The summed E-state index contributed by atoms with van der Waals surface area (Å²) in [6, 6.07) is 11.6. The van der Waals surface area contributed by atoms with Gasteiger partial charge in [0.15, 0.2) is 5.82 Å². The topological polar surface area (TPSA) is 71.2 Å². The van der Waals surface area contributed by atoms with Gasteiger partial charge in [0.05, 0.1) is 5.69 Å². The van der Waals surface area contributed by atoms with Gasteiger partial charge < -0.3 is 14.6 Å². The van der Waals surface area contributed by atoms with Gasteiger partial charge in [0, 0.05) is 50.8 Å². The summed E-state index contributed by atoms with van der Waals surface area (Å²) in [5.74, 6) is -2.11. The molecule has 6 nitrogen and oxygen atoms in total. The van der Waals surface area contributed by atoms with Crippen molar-refractivity contribution in [1.29, 1.82) is 0 Å². The van der Waals surface area contributed by atoms with Crippen LogP contribution in [0.4, 0.5) is 14.6 Å². The number of aromatic hydroxyl groups is 1. The number of phenolic OH excluding ortho intramolecular Hbond substituents is 1. The minimum Gasteiger partial charge on any atom is -0.507 e. The molecule has 0 amide bonds. The van der Waals surface area contributed by atoms with Crippen molar-refractivity contribution in [1.82, 2.24) is 14.8 Å². The summed E-state index contributed by atoms with van der Waals surface area (Å²) in [5, 5.41) is 18.9. The Hall–Kier alpha value is -3.29. The third kappa shape index (κ3) is 4.42. The van der Waals surface area contributed by atoms with Crippen molar-refractivity contribution in [2.75, 3.05) is 11.9 Å². The van der Waals surface area contributed by atoms with Crippen LogP contribution >= 0.6 is 0 Å². The molecule has 4 rings (SSSR count). The van der Waals surface area contributed by atoms with E-state index in [4.69, 9.17) is 0 Å². The molecule has 0 radical (unpaired) electrons. The lowest BCUT2D eigenvalue weighted by molar-refractivity contribution is -0.0401. The van der Waals surface area contributed by atoms with Gasteiger partial charge in [0.2, 0.25) is 5.92 Å². The Morgan fingerprint density at radius 3 is 2.55 bits per heavy atom. The van der Waals surface area contributed by atoms with Crippen molar-refractivity contribution >= 4 is 5.82 Å². The van der Waals surface area contributed by atoms with Crippen molar-refractivity contribution in [3.63, 3.8) is 0 Å². The largest absolute Gasteiger partial charge is 0.507 e. The lowest BCUT2D eigenvalue weighted by Gasteiger charge is -2.35. The number of hydrogen-bond donors (Lipinski definition) is 1. The Morgan fingerprint density at radius 1 is 1.13 bits per heavy atom. The van der Waals surface area contributed by atoms with Gasteiger partial charge in [-0.3, -0.25) is 4.79 Å². The highest BCUT2D eigenvalue weighted by atomic mass is 19.3. The predicted octanol–water partition coefficient (Wildman–Crippen LogP) is 4.23. The minimum absolute atomic E-state index is 0.0144. The van der Waals surface area contributed by atoms with Crippen LogP contribution in [0, 0.1) is 0 Å². The average Bonchev–Trinajstić information content (AvgIpc) is 2.74. The lowest BCUT2D eigenvalue weighted by atomic mass is 9.91. The number of alkyl halides is 2. The summed E-state index contributed by atoms with van der Waals surface area (Å²) < 4.78 is 29.0. The molecule has 1 atom stereocenters. The first kappa shape index (κ1) is 21.0. The second kappa shape index (κ2) is 8.09. The van der Waals surface area contributed by atoms with Crippen LogP contribution in [0.5, 0.6) is 5.75 Å². The van der Waals surface area contributed by atoms with Crippen LogP contribution in [0.1, 0.15) is 25.7 Å². The Morgan fingerprint density at radius 2 is 1.90 bits per heavy atom. The Bertz CT molecular complexity index is 1150. The molecule has 31 heavy (non-hydrogen) atoms. The van der Waals surface area contributed by atoms with E-state index in [9.17, 15) is 18.7 Å². The molecule has 1 fully saturated rings. The number of aryl methyl sites for hydroxylation is 1. The maximum Gasteiger partial charge on any atom is 0.250 e. The van der Waals surface area contributed by atoms with E-state index in [0.29, 0.717) is 41.0 Å². The first-order valence-corrected chi connectivity index (χ1v) is 10.2. The number of pyridine rings is 1. The van der Waals surface area contributed by atoms with E-state index in [1.165, 1.54) is 10.6 Å². The molecule has 1 aromatic carbocycles. The first-order chi connectivity index (χ1) is 14.7. The molecular weight excluding hydrogens is 402 g/mol. The molecule has 1 aliphatic rings. The van der Waals surface area contributed by atoms with E-state index >= 15 is 0 Å². The number of phenols is 1. The molecule has 2 aromatic heterocycles. The molecular formula is C23H24F2N4O2. The van der Waals surface area contributed by atoms with Gasteiger partial charge in [0.25, 0.3) is 5.56 Å². The van der Waals surface area contributed by atoms with Crippen molar-refractivity contribution in [2.45, 2.75) is 37.6 Å². The van der Waals surface area contributed by atoms with E-state index in [2.05, 4.69) is 10.2 Å². The molecule has 1 saturated carbocycles. The monoisotopic (exact) mass is 426 g/mol. The van der Waals surface area contributed by atoms with Crippen LogP contribution < -0.4 is 10.5 Å². The van der Waals surface area contributed by atoms with Gasteiger partial charge in [-0.2, -0.15) is 0 Å². The molecule has 2 heterocycles. The number of nitrogens with zero attached hydrogens (tertiary/aromatic N) is 4. The third-order valence-electron chi connectivity index (χ3n) is 5.89. The average molecular weight is 426 g/mol. The van der Waals surface area contributed by atoms with E-state index < -0.39 is 5.92 Å². The minimum atomic E-state index is -2.64. The van der Waals surface area contributed by atoms with E-state index in [0.717, 1.165) is 0 Å². The van der Waals surface area contributed by atoms with Crippen molar-refractivity contribution < 1.29 is 13.9 Å². The Kier molecular flexibility index (Phi) is 5.47. The Labute approximate surface area is 178 Å². The van der Waals surface area contributed by atoms with Crippen LogP contribution in [0.2, 0.25) is 0 Å². The van der Waals surface area contributed by atoms with Crippen LogP contribution in [0.15, 0.2) is 53.5 Å². The molecule has 0 unspecified atom stereocenters. The molecule has 8 heteroatoms. The molecule has 162 valence electrons.